The summed E-state index contributed by atoms with van der Waals surface area (Å²) in [6.07, 6.45) is 5.29. The molecule has 2 fully saturated rings. The number of piperidine rings is 1. The van der Waals surface area contributed by atoms with Crippen LogP contribution in [-0.4, -0.2) is 77.0 Å². The van der Waals surface area contributed by atoms with Crippen LogP contribution in [0, 0.1) is 0 Å². The van der Waals surface area contributed by atoms with Crippen molar-refractivity contribution < 1.29 is 9.21 Å². The number of likely N-dealkylation sites (tertiary alicyclic amines) is 1. The van der Waals surface area contributed by atoms with Crippen LogP contribution in [0.25, 0.3) is 22.4 Å². The molecule has 1 aromatic carbocycles. The highest BCUT2D eigenvalue weighted by Crippen LogP contribution is 2.32. The summed E-state index contributed by atoms with van der Waals surface area (Å²) in [6, 6.07) is 15.6. The predicted molar refractivity (Wildman–Crippen MR) is 139 cm³/mol. The number of nitrogens with zero attached hydrogens (tertiary/aromatic N) is 6. The molecule has 5 heterocycles. The second-order valence-corrected chi connectivity index (χ2v) is 9.71. The SMILES string of the molecule is CN1CCN(c2cnc3c(C4CCN(C(=O)c5ccc(-c6ccccc6)o5)CC4)ncnc3c2)CC1. The van der Waals surface area contributed by atoms with Crippen molar-refractivity contribution in [1.82, 2.24) is 24.8 Å². The summed E-state index contributed by atoms with van der Waals surface area (Å²) < 4.78 is 5.89. The fourth-order valence-corrected chi connectivity index (χ4v) is 5.21. The first-order valence-corrected chi connectivity index (χ1v) is 12.6. The van der Waals surface area contributed by atoms with Gasteiger partial charge >= 0.3 is 0 Å². The first kappa shape index (κ1) is 22.7. The zero-order chi connectivity index (χ0) is 24.5. The lowest BCUT2D eigenvalue weighted by Gasteiger charge is -2.34. The van der Waals surface area contributed by atoms with Crippen LogP contribution in [0.5, 0.6) is 0 Å². The third kappa shape index (κ3) is 4.44. The molecule has 184 valence electrons. The molecule has 0 N–H and O–H groups in total. The maximum atomic E-state index is 13.1. The summed E-state index contributed by atoms with van der Waals surface area (Å²) in [7, 11) is 2.16. The van der Waals surface area contributed by atoms with E-state index in [9.17, 15) is 4.79 Å². The molecule has 8 nitrogen and oxygen atoms in total. The third-order valence-corrected chi connectivity index (χ3v) is 7.40. The minimum Gasteiger partial charge on any atom is -0.451 e. The lowest BCUT2D eigenvalue weighted by Crippen LogP contribution is -2.44. The van der Waals surface area contributed by atoms with E-state index in [0.29, 0.717) is 24.6 Å². The molecule has 0 unspecified atom stereocenters. The highest BCUT2D eigenvalue weighted by molar-refractivity contribution is 5.92. The highest BCUT2D eigenvalue weighted by Gasteiger charge is 2.28. The summed E-state index contributed by atoms with van der Waals surface area (Å²) in [5, 5.41) is 0. The molecule has 0 radical (unpaired) electrons. The second-order valence-electron chi connectivity index (χ2n) is 9.71. The van der Waals surface area contributed by atoms with Crippen LogP contribution in [0.3, 0.4) is 0 Å². The third-order valence-electron chi connectivity index (χ3n) is 7.40. The Hall–Kier alpha value is -3.78. The van der Waals surface area contributed by atoms with E-state index in [-0.39, 0.29) is 11.8 Å². The van der Waals surface area contributed by atoms with Crippen LogP contribution in [0.4, 0.5) is 5.69 Å². The summed E-state index contributed by atoms with van der Waals surface area (Å²) in [6.45, 7) is 5.42. The zero-order valence-corrected chi connectivity index (χ0v) is 20.5. The number of aromatic nitrogens is 3. The highest BCUT2D eigenvalue weighted by atomic mass is 16.4. The molecule has 8 heteroatoms. The van der Waals surface area contributed by atoms with Crippen molar-refractivity contribution in [3.8, 4) is 11.3 Å². The molecule has 2 aliphatic heterocycles. The molecule has 0 saturated carbocycles. The molecule has 0 spiro atoms. The average molecular weight is 483 g/mol. The van der Waals surface area contributed by atoms with Crippen LogP contribution in [0.2, 0.25) is 0 Å². The van der Waals surface area contributed by atoms with Crippen LogP contribution >= 0.6 is 0 Å². The van der Waals surface area contributed by atoms with Gasteiger partial charge in [0.05, 0.1) is 23.1 Å². The average Bonchev–Trinajstić information content (AvgIpc) is 3.44. The largest absolute Gasteiger partial charge is 0.451 e. The Morgan fingerprint density at radius 2 is 1.69 bits per heavy atom. The standard InChI is InChI=1S/C28H30N6O2/c1-32-13-15-33(16-14-32)22-17-23-27(29-18-22)26(31-19-30-23)21-9-11-34(12-10-21)28(35)25-8-7-24(36-25)20-5-3-2-4-6-20/h2-8,17-19,21H,9-16H2,1H3. The van der Waals surface area contributed by atoms with Crippen molar-refractivity contribution in [2.45, 2.75) is 18.8 Å². The van der Waals surface area contributed by atoms with Crippen molar-refractivity contribution in [1.29, 1.82) is 0 Å². The molecule has 2 saturated heterocycles. The smallest absolute Gasteiger partial charge is 0.289 e. The number of carbonyl (C=O) groups excluding carboxylic acids is 1. The van der Waals surface area contributed by atoms with Gasteiger partial charge in [-0.05, 0) is 38.1 Å². The quantitative estimate of drug-likeness (QED) is 0.434. The van der Waals surface area contributed by atoms with Gasteiger partial charge in [-0.1, -0.05) is 30.3 Å². The number of hydrogen-bond donors (Lipinski definition) is 0. The Morgan fingerprint density at radius 3 is 2.47 bits per heavy atom. The molecule has 1 amide bonds. The number of fused-ring (bicyclic) bond motifs is 1. The lowest BCUT2D eigenvalue weighted by molar-refractivity contribution is 0.0681. The van der Waals surface area contributed by atoms with Crippen molar-refractivity contribution in [3.05, 3.63) is 72.5 Å². The number of likely N-dealkylation sites (N-methyl/N-ethyl adjacent to an activating group) is 1. The van der Waals surface area contributed by atoms with Crippen molar-refractivity contribution in [2.24, 2.45) is 0 Å². The number of pyridine rings is 1. The second kappa shape index (κ2) is 9.70. The molecule has 3 aromatic heterocycles. The molecule has 0 atom stereocenters. The number of furan rings is 1. The summed E-state index contributed by atoms with van der Waals surface area (Å²) in [4.78, 5) is 33.7. The Kier molecular flexibility index (Phi) is 6.11. The van der Waals surface area contributed by atoms with E-state index >= 15 is 0 Å². The molecule has 0 aliphatic carbocycles. The predicted octanol–water partition coefficient (Wildman–Crippen LogP) is 4.06. The molecule has 2 aliphatic rings. The minimum absolute atomic E-state index is 0.0573. The first-order valence-electron chi connectivity index (χ1n) is 12.6. The molecule has 4 aromatic rings. The van der Waals surface area contributed by atoms with Crippen LogP contribution in [-0.2, 0) is 0 Å². The number of hydrogen-bond acceptors (Lipinski definition) is 7. The van der Waals surface area contributed by atoms with E-state index in [1.54, 1.807) is 12.4 Å². The fourth-order valence-electron chi connectivity index (χ4n) is 5.21. The maximum Gasteiger partial charge on any atom is 0.289 e. The first-order chi connectivity index (χ1) is 17.7. The molecular formula is C28H30N6O2. The van der Waals surface area contributed by atoms with E-state index in [1.165, 1.54) is 0 Å². The Bertz CT molecular complexity index is 1350. The molecule has 0 bridgehead atoms. The van der Waals surface area contributed by atoms with Gasteiger partial charge in [-0.2, -0.15) is 0 Å². The van der Waals surface area contributed by atoms with Crippen LogP contribution in [0.15, 0.2) is 65.5 Å². The Labute approximate surface area is 210 Å². The van der Waals surface area contributed by atoms with Crippen LogP contribution in [0.1, 0.15) is 35.0 Å². The van der Waals surface area contributed by atoms with Crippen molar-refractivity contribution >= 4 is 22.6 Å². The number of benzene rings is 1. The molecule has 36 heavy (non-hydrogen) atoms. The van der Waals surface area contributed by atoms with Gasteiger partial charge in [0.2, 0.25) is 0 Å². The monoisotopic (exact) mass is 482 g/mol. The summed E-state index contributed by atoms with van der Waals surface area (Å²) in [5.74, 6) is 1.29. The zero-order valence-electron chi connectivity index (χ0n) is 20.5. The topological polar surface area (TPSA) is 78.6 Å². The lowest BCUT2D eigenvalue weighted by atomic mass is 9.92. The van der Waals surface area contributed by atoms with Gasteiger partial charge in [0.15, 0.2) is 5.76 Å². The Balaban J connectivity index is 1.14. The fraction of sp³-hybridized carbons (Fsp3) is 0.357. The summed E-state index contributed by atoms with van der Waals surface area (Å²) in [5.41, 5.74) is 4.84. The van der Waals surface area contributed by atoms with E-state index in [0.717, 1.165) is 67.0 Å². The Morgan fingerprint density at radius 1 is 0.917 bits per heavy atom. The maximum absolute atomic E-state index is 13.1. The normalized spacial score (nSPS) is 17.6. The number of rotatable bonds is 4. The van der Waals surface area contributed by atoms with Gasteiger partial charge < -0.3 is 19.1 Å². The van der Waals surface area contributed by atoms with Gasteiger partial charge in [0.25, 0.3) is 5.91 Å². The van der Waals surface area contributed by atoms with Crippen LogP contribution < -0.4 is 4.90 Å². The molecule has 6 rings (SSSR count). The number of piperazine rings is 1. The van der Waals surface area contributed by atoms with E-state index < -0.39 is 0 Å². The minimum atomic E-state index is -0.0573. The number of amides is 1. The van der Waals surface area contributed by atoms with E-state index in [1.807, 2.05) is 47.5 Å². The van der Waals surface area contributed by atoms with E-state index in [4.69, 9.17) is 9.40 Å². The van der Waals surface area contributed by atoms with Gasteiger partial charge in [-0.25, -0.2) is 9.97 Å². The number of carbonyl (C=O) groups is 1. The summed E-state index contributed by atoms with van der Waals surface area (Å²) >= 11 is 0. The molecular weight excluding hydrogens is 452 g/mol. The van der Waals surface area contributed by atoms with Gasteiger partial charge in [-0.3, -0.25) is 9.78 Å². The van der Waals surface area contributed by atoms with Crippen molar-refractivity contribution in [2.75, 3.05) is 51.2 Å². The van der Waals surface area contributed by atoms with Gasteiger partial charge in [0.1, 0.15) is 17.6 Å². The van der Waals surface area contributed by atoms with E-state index in [2.05, 4.69) is 32.9 Å². The number of anilines is 1. The van der Waals surface area contributed by atoms with Crippen molar-refractivity contribution in [3.63, 3.8) is 0 Å². The van der Waals surface area contributed by atoms with Gasteiger partial charge in [0, 0.05) is 50.7 Å². The van der Waals surface area contributed by atoms with Gasteiger partial charge in [-0.15, -0.1) is 0 Å².